The number of hydrogen-bond acceptors (Lipinski definition) is 5. The van der Waals surface area contributed by atoms with Crippen LogP contribution in [0.3, 0.4) is 0 Å². The summed E-state index contributed by atoms with van der Waals surface area (Å²) in [6.45, 7) is 4.19. The van der Waals surface area contributed by atoms with Gasteiger partial charge in [0.1, 0.15) is 17.5 Å². The Kier molecular flexibility index (Phi) is 6.62. The van der Waals surface area contributed by atoms with Gasteiger partial charge in [-0.1, -0.05) is 35.3 Å². The number of rotatable bonds is 4. The lowest BCUT2D eigenvalue weighted by Gasteiger charge is -2.35. The van der Waals surface area contributed by atoms with E-state index >= 15 is 0 Å². The van der Waals surface area contributed by atoms with Crippen LogP contribution < -0.4 is 9.47 Å². The zero-order chi connectivity index (χ0) is 27.1. The third kappa shape index (κ3) is 5.03. The molecular weight excluding hydrogens is 535 g/mol. The van der Waals surface area contributed by atoms with Gasteiger partial charge in [-0.25, -0.2) is 9.78 Å². The number of carbonyl (C=O) groups is 1. The summed E-state index contributed by atoms with van der Waals surface area (Å²) >= 11 is 12.3. The molecule has 0 radical (unpaired) electrons. The molecule has 7 nitrogen and oxygen atoms in total. The Balaban J connectivity index is 1.37. The van der Waals surface area contributed by atoms with Crippen molar-refractivity contribution in [2.24, 2.45) is 0 Å². The molecule has 1 N–H and O–H groups in total. The van der Waals surface area contributed by atoms with Crippen molar-refractivity contribution < 1.29 is 14.3 Å². The highest BCUT2D eigenvalue weighted by atomic mass is 35.5. The lowest BCUT2D eigenvalue weighted by atomic mass is 9.92. The first-order chi connectivity index (χ1) is 18.9. The normalized spacial score (nSPS) is 14.8. The van der Waals surface area contributed by atoms with Crippen LogP contribution in [0.4, 0.5) is 4.79 Å². The lowest BCUT2D eigenvalue weighted by molar-refractivity contribution is 0.135. The molecular formula is C30H24Cl2N4O3. The second-order valence-electron chi connectivity index (χ2n) is 9.45. The highest BCUT2D eigenvalue weighted by Gasteiger charge is 2.35. The number of amides is 1. The van der Waals surface area contributed by atoms with E-state index in [0.717, 1.165) is 33.4 Å². The Morgan fingerprint density at radius 3 is 2.46 bits per heavy atom. The number of nitrogens with zero attached hydrogens (tertiary/aromatic N) is 3. The summed E-state index contributed by atoms with van der Waals surface area (Å²) < 4.78 is 11.8. The second kappa shape index (κ2) is 10.2. The van der Waals surface area contributed by atoms with Crippen molar-refractivity contribution in [3.05, 3.63) is 111 Å². The van der Waals surface area contributed by atoms with Crippen molar-refractivity contribution in [1.82, 2.24) is 19.9 Å². The summed E-state index contributed by atoms with van der Waals surface area (Å²) in [5, 5.41) is 2.30. The minimum absolute atomic E-state index is 0.408. The van der Waals surface area contributed by atoms with Crippen LogP contribution in [0.15, 0.2) is 72.9 Å². The summed E-state index contributed by atoms with van der Waals surface area (Å²) in [5.74, 6) is 1.51. The van der Waals surface area contributed by atoms with Crippen molar-refractivity contribution in [2.75, 3.05) is 6.54 Å². The van der Waals surface area contributed by atoms with Crippen LogP contribution >= 0.6 is 23.2 Å². The van der Waals surface area contributed by atoms with Gasteiger partial charge < -0.3 is 14.5 Å². The zero-order valence-corrected chi connectivity index (χ0v) is 22.8. The topological polar surface area (TPSA) is 80.3 Å². The Morgan fingerprint density at radius 2 is 1.69 bits per heavy atom. The minimum atomic E-state index is -0.448. The third-order valence-corrected chi connectivity index (χ3v) is 7.27. The first kappa shape index (κ1) is 25.2. The molecule has 0 fully saturated rings. The molecule has 0 saturated heterocycles. The number of nitrogens with one attached hydrogen (secondary N) is 1. The Hall–Kier alpha value is -4.07. The van der Waals surface area contributed by atoms with Gasteiger partial charge in [0.2, 0.25) is 5.88 Å². The maximum atomic E-state index is 13.5. The molecule has 3 heterocycles. The summed E-state index contributed by atoms with van der Waals surface area (Å²) in [7, 11) is 0. The molecule has 0 spiro atoms. The second-order valence-corrected chi connectivity index (χ2v) is 10.3. The highest BCUT2D eigenvalue weighted by Crippen LogP contribution is 2.40. The van der Waals surface area contributed by atoms with Crippen LogP contribution in [-0.4, -0.2) is 32.5 Å². The molecule has 0 saturated carbocycles. The van der Waals surface area contributed by atoms with Gasteiger partial charge in [-0.05, 0) is 86.0 Å². The van der Waals surface area contributed by atoms with E-state index in [2.05, 4.69) is 15.0 Å². The fourth-order valence-corrected chi connectivity index (χ4v) is 5.21. The number of aromatic amines is 1. The standard InChI is InChI=1S/C30H24Cl2N4O3/c1-17-16-33-18(2)29(34-17)38-22-8-3-19(4-9-22)28-27-24(25-15-21(32)7-12-26(25)35-27)13-14-36(28)30(37)39-23-10-5-20(31)6-11-23/h3-12,15-16,28,35H,13-14H2,1-2H3/t28-/m0/s1. The maximum absolute atomic E-state index is 13.5. The van der Waals surface area contributed by atoms with Crippen LogP contribution in [0.1, 0.15) is 34.3 Å². The monoisotopic (exact) mass is 558 g/mol. The van der Waals surface area contributed by atoms with Crippen LogP contribution in [0.5, 0.6) is 17.4 Å². The predicted octanol–water partition coefficient (Wildman–Crippen LogP) is 7.82. The third-order valence-electron chi connectivity index (χ3n) is 6.79. The van der Waals surface area contributed by atoms with Crippen molar-refractivity contribution in [3.8, 4) is 17.4 Å². The van der Waals surface area contributed by atoms with Gasteiger partial charge in [0, 0.05) is 39.4 Å². The smallest absolute Gasteiger partial charge is 0.416 e. The Morgan fingerprint density at radius 1 is 0.974 bits per heavy atom. The summed E-state index contributed by atoms with van der Waals surface area (Å²) in [6, 6.07) is 19.8. The van der Waals surface area contributed by atoms with Crippen molar-refractivity contribution in [1.29, 1.82) is 0 Å². The van der Waals surface area contributed by atoms with E-state index < -0.39 is 12.1 Å². The van der Waals surface area contributed by atoms with Crippen LogP contribution in [-0.2, 0) is 6.42 Å². The first-order valence-electron chi connectivity index (χ1n) is 12.5. The summed E-state index contributed by atoms with van der Waals surface area (Å²) in [4.78, 5) is 27.5. The van der Waals surface area contributed by atoms with E-state index in [0.29, 0.717) is 46.1 Å². The molecule has 0 unspecified atom stereocenters. The molecule has 3 aromatic carbocycles. The number of carbonyl (C=O) groups excluding carboxylic acids is 1. The van der Waals surface area contributed by atoms with Crippen molar-refractivity contribution >= 4 is 40.2 Å². The van der Waals surface area contributed by atoms with Crippen LogP contribution in [0, 0.1) is 13.8 Å². The highest BCUT2D eigenvalue weighted by molar-refractivity contribution is 6.31. The van der Waals surface area contributed by atoms with E-state index in [1.54, 1.807) is 35.4 Å². The average molecular weight is 559 g/mol. The number of fused-ring (bicyclic) bond motifs is 3. The molecule has 1 aliphatic rings. The minimum Gasteiger partial charge on any atom is -0.437 e. The number of H-pyrrole nitrogens is 1. The largest absolute Gasteiger partial charge is 0.437 e. The fourth-order valence-electron chi connectivity index (χ4n) is 4.91. The molecule has 2 aromatic heterocycles. The molecule has 0 bridgehead atoms. The van der Waals surface area contributed by atoms with Gasteiger partial charge in [-0.15, -0.1) is 0 Å². The molecule has 39 heavy (non-hydrogen) atoms. The molecule has 6 rings (SSSR count). The van der Waals surface area contributed by atoms with Gasteiger partial charge in [0.05, 0.1) is 11.4 Å². The molecule has 1 aliphatic heterocycles. The lowest BCUT2D eigenvalue weighted by Crippen LogP contribution is -2.42. The Labute approximate surface area is 235 Å². The van der Waals surface area contributed by atoms with Gasteiger partial charge in [0.25, 0.3) is 0 Å². The zero-order valence-electron chi connectivity index (χ0n) is 21.2. The number of ether oxygens (including phenoxy) is 2. The molecule has 5 aromatic rings. The van der Waals surface area contributed by atoms with Gasteiger partial charge in [-0.2, -0.15) is 0 Å². The number of halogens is 2. The van der Waals surface area contributed by atoms with Crippen LogP contribution in [0.2, 0.25) is 10.0 Å². The van der Waals surface area contributed by atoms with Crippen molar-refractivity contribution in [3.63, 3.8) is 0 Å². The number of aromatic nitrogens is 3. The fraction of sp³-hybridized carbons (Fsp3) is 0.167. The van der Waals surface area contributed by atoms with Crippen molar-refractivity contribution in [2.45, 2.75) is 26.3 Å². The number of hydrogen-bond donors (Lipinski definition) is 1. The number of benzene rings is 3. The molecule has 196 valence electrons. The first-order valence-corrected chi connectivity index (χ1v) is 13.2. The molecule has 1 atom stereocenters. The van der Waals surface area contributed by atoms with E-state index in [-0.39, 0.29) is 0 Å². The summed E-state index contributed by atoms with van der Waals surface area (Å²) in [5.41, 5.74) is 5.42. The van der Waals surface area contributed by atoms with Gasteiger partial charge in [0.15, 0.2) is 0 Å². The SMILES string of the molecule is Cc1cnc(C)c(Oc2ccc([C@H]3c4[nH]c5ccc(Cl)cc5c4CCN3C(=O)Oc3ccc(Cl)cc3)cc2)n1. The maximum Gasteiger partial charge on any atom is 0.416 e. The predicted molar refractivity (Wildman–Crippen MR) is 151 cm³/mol. The average Bonchev–Trinajstić information content (AvgIpc) is 3.30. The van der Waals surface area contributed by atoms with E-state index in [1.807, 2.05) is 56.3 Å². The summed E-state index contributed by atoms with van der Waals surface area (Å²) in [6.07, 6.45) is 1.92. The molecule has 1 amide bonds. The quantitative estimate of drug-likeness (QED) is 0.243. The van der Waals surface area contributed by atoms with E-state index in [4.69, 9.17) is 32.7 Å². The van der Waals surface area contributed by atoms with E-state index in [9.17, 15) is 4.79 Å². The van der Waals surface area contributed by atoms with Gasteiger partial charge >= 0.3 is 6.09 Å². The Bertz CT molecular complexity index is 1680. The van der Waals surface area contributed by atoms with E-state index in [1.165, 1.54) is 0 Å². The van der Waals surface area contributed by atoms with Gasteiger partial charge in [-0.3, -0.25) is 9.88 Å². The molecule has 0 aliphatic carbocycles. The molecule has 9 heteroatoms. The number of aryl methyl sites for hydroxylation is 2. The van der Waals surface area contributed by atoms with Crippen LogP contribution in [0.25, 0.3) is 10.9 Å².